The third-order valence-corrected chi connectivity index (χ3v) is 3.92. The van der Waals surface area contributed by atoms with Crippen molar-refractivity contribution in [2.24, 2.45) is 0 Å². The largest absolute Gasteiger partial charge is 0.355 e. The molecular weight excluding hydrogens is 335 g/mol. The van der Waals surface area contributed by atoms with Crippen LogP contribution < -0.4 is 5.32 Å². The van der Waals surface area contributed by atoms with Gasteiger partial charge in [-0.25, -0.2) is 0 Å². The fourth-order valence-corrected chi connectivity index (χ4v) is 2.61. The minimum atomic E-state index is -0.193. The van der Waals surface area contributed by atoms with Crippen molar-refractivity contribution in [3.8, 4) is 0 Å². The summed E-state index contributed by atoms with van der Waals surface area (Å²) in [6, 6.07) is 11.9. The summed E-state index contributed by atoms with van der Waals surface area (Å²) in [5.41, 5.74) is 1.89. The minimum Gasteiger partial charge on any atom is -0.355 e. The van der Waals surface area contributed by atoms with Gasteiger partial charge in [-0.2, -0.15) is 0 Å². The molecule has 0 radical (unpaired) electrons. The van der Waals surface area contributed by atoms with Crippen molar-refractivity contribution in [3.05, 3.63) is 69.2 Å². The predicted molar refractivity (Wildman–Crippen MR) is 92.1 cm³/mol. The summed E-state index contributed by atoms with van der Waals surface area (Å²) < 4.78 is 0. The zero-order valence-corrected chi connectivity index (χ0v) is 14.3. The van der Waals surface area contributed by atoms with E-state index in [1.165, 1.54) is 0 Å². The first kappa shape index (κ1) is 17.3. The average Bonchev–Trinajstić information content (AvgIpc) is 2.54. The van der Waals surface area contributed by atoms with Gasteiger partial charge in [-0.3, -0.25) is 9.59 Å². The molecule has 2 aromatic rings. The highest BCUT2D eigenvalue weighted by Crippen LogP contribution is 2.22. The van der Waals surface area contributed by atoms with Gasteiger partial charge in [0.15, 0.2) is 0 Å². The lowest BCUT2D eigenvalue weighted by Crippen LogP contribution is -2.26. The van der Waals surface area contributed by atoms with Gasteiger partial charge in [0, 0.05) is 31.2 Å². The van der Waals surface area contributed by atoms with Gasteiger partial charge in [0.25, 0.3) is 11.8 Å². The summed E-state index contributed by atoms with van der Waals surface area (Å²) in [5, 5.41) is 3.37. The Kier molecular flexibility index (Phi) is 5.64. The molecule has 0 heterocycles. The molecular formula is C17H16Cl2N2O2. The molecule has 0 aliphatic rings. The Labute approximate surface area is 145 Å². The van der Waals surface area contributed by atoms with E-state index in [9.17, 15) is 9.59 Å². The zero-order valence-electron chi connectivity index (χ0n) is 12.8. The van der Waals surface area contributed by atoms with E-state index in [0.29, 0.717) is 27.7 Å². The maximum atomic E-state index is 12.4. The fraction of sp³-hybridized carbons (Fsp3) is 0.176. The SMILES string of the molecule is CNC(=O)c1ccc(CN(C)C(=O)c2ccc(Cl)cc2Cl)cc1. The van der Waals surface area contributed by atoms with Crippen molar-refractivity contribution in [1.29, 1.82) is 0 Å². The highest BCUT2D eigenvalue weighted by atomic mass is 35.5. The molecule has 0 saturated carbocycles. The monoisotopic (exact) mass is 350 g/mol. The van der Waals surface area contributed by atoms with Crippen LogP contribution in [0.2, 0.25) is 10.0 Å². The predicted octanol–water partition coefficient (Wildman–Crippen LogP) is 3.63. The molecule has 23 heavy (non-hydrogen) atoms. The number of nitrogens with zero attached hydrogens (tertiary/aromatic N) is 1. The first-order valence-corrected chi connectivity index (χ1v) is 7.69. The van der Waals surface area contributed by atoms with Crippen LogP contribution in [0.15, 0.2) is 42.5 Å². The number of rotatable bonds is 4. The molecule has 2 rings (SSSR count). The van der Waals surface area contributed by atoms with Gasteiger partial charge >= 0.3 is 0 Å². The van der Waals surface area contributed by atoms with Crippen LogP contribution in [0.5, 0.6) is 0 Å². The first-order chi connectivity index (χ1) is 10.9. The van der Waals surface area contributed by atoms with Crippen LogP contribution in [-0.4, -0.2) is 30.8 Å². The van der Waals surface area contributed by atoms with E-state index in [2.05, 4.69) is 5.32 Å². The average molecular weight is 351 g/mol. The summed E-state index contributed by atoms with van der Waals surface area (Å²) in [6.07, 6.45) is 0. The van der Waals surface area contributed by atoms with E-state index in [1.807, 2.05) is 12.1 Å². The van der Waals surface area contributed by atoms with Crippen molar-refractivity contribution in [1.82, 2.24) is 10.2 Å². The normalized spacial score (nSPS) is 10.3. The number of nitrogens with one attached hydrogen (secondary N) is 1. The molecule has 0 unspecified atom stereocenters. The van der Waals surface area contributed by atoms with Crippen LogP contribution in [0.1, 0.15) is 26.3 Å². The lowest BCUT2D eigenvalue weighted by Gasteiger charge is -2.18. The number of carbonyl (C=O) groups excluding carboxylic acids is 2. The zero-order chi connectivity index (χ0) is 17.0. The van der Waals surface area contributed by atoms with E-state index in [1.54, 1.807) is 49.3 Å². The van der Waals surface area contributed by atoms with Crippen LogP contribution in [0.3, 0.4) is 0 Å². The molecule has 1 N–H and O–H groups in total. The maximum absolute atomic E-state index is 12.4. The summed E-state index contributed by atoms with van der Waals surface area (Å²) in [4.78, 5) is 25.5. The Morgan fingerprint density at radius 1 is 1.09 bits per heavy atom. The van der Waals surface area contributed by atoms with Crippen LogP contribution in [0.25, 0.3) is 0 Å². The number of carbonyl (C=O) groups is 2. The van der Waals surface area contributed by atoms with Crippen molar-refractivity contribution >= 4 is 35.0 Å². The van der Waals surface area contributed by atoms with Gasteiger partial charge in [-0.15, -0.1) is 0 Å². The number of amides is 2. The molecule has 4 nitrogen and oxygen atoms in total. The second-order valence-electron chi connectivity index (χ2n) is 5.06. The molecule has 2 aromatic carbocycles. The van der Waals surface area contributed by atoms with E-state index in [-0.39, 0.29) is 11.8 Å². The Balaban J connectivity index is 2.10. The topological polar surface area (TPSA) is 49.4 Å². The molecule has 6 heteroatoms. The molecule has 120 valence electrons. The highest BCUT2D eigenvalue weighted by molar-refractivity contribution is 6.36. The molecule has 2 amide bonds. The Morgan fingerprint density at radius 3 is 2.30 bits per heavy atom. The smallest absolute Gasteiger partial charge is 0.255 e. The molecule has 0 aromatic heterocycles. The maximum Gasteiger partial charge on any atom is 0.255 e. The van der Waals surface area contributed by atoms with Crippen molar-refractivity contribution in [2.45, 2.75) is 6.54 Å². The lowest BCUT2D eigenvalue weighted by atomic mass is 10.1. The summed E-state index contributed by atoms with van der Waals surface area (Å²) in [6.45, 7) is 0.409. The standard InChI is InChI=1S/C17H16Cl2N2O2/c1-20-16(22)12-5-3-11(4-6-12)10-21(2)17(23)14-8-7-13(18)9-15(14)19/h3-9H,10H2,1-2H3,(H,20,22). The van der Waals surface area contributed by atoms with Gasteiger partial charge in [-0.1, -0.05) is 35.3 Å². The molecule has 0 saturated heterocycles. The van der Waals surface area contributed by atoms with Gasteiger partial charge in [0.1, 0.15) is 0 Å². The summed E-state index contributed by atoms with van der Waals surface area (Å²) in [5.74, 6) is -0.337. The van der Waals surface area contributed by atoms with Gasteiger partial charge in [0.05, 0.1) is 10.6 Å². The third-order valence-electron chi connectivity index (χ3n) is 3.37. The van der Waals surface area contributed by atoms with E-state index in [0.717, 1.165) is 5.56 Å². The summed E-state index contributed by atoms with van der Waals surface area (Å²) >= 11 is 11.9. The van der Waals surface area contributed by atoms with Gasteiger partial charge < -0.3 is 10.2 Å². The summed E-state index contributed by atoms with van der Waals surface area (Å²) in [7, 11) is 3.28. The third kappa shape index (κ3) is 4.24. The van der Waals surface area contributed by atoms with Crippen LogP contribution in [-0.2, 0) is 6.54 Å². The quantitative estimate of drug-likeness (QED) is 0.915. The Bertz CT molecular complexity index is 730. The number of hydrogen-bond acceptors (Lipinski definition) is 2. The highest BCUT2D eigenvalue weighted by Gasteiger charge is 2.15. The first-order valence-electron chi connectivity index (χ1n) is 6.94. The lowest BCUT2D eigenvalue weighted by molar-refractivity contribution is 0.0785. The van der Waals surface area contributed by atoms with E-state index >= 15 is 0 Å². The van der Waals surface area contributed by atoms with E-state index < -0.39 is 0 Å². The van der Waals surface area contributed by atoms with Crippen molar-refractivity contribution in [3.63, 3.8) is 0 Å². The minimum absolute atomic E-state index is 0.145. The Hall–Kier alpha value is -2.04. The molecule has 0 aliphatic heterocycles. The van der Waals surface area contributed by atoms with E-state index in [4.69, 9.17) is 23.2 Å². The second kappa shape index (κ2) is 7.49. The molecule has 0 bridgehead atoms. The van der Waals surface area contributed by atoms with Gasteiger partial charge in [-0.05, 0) is 35.9 Å². The van der Waals surface area contributed by atoms with Crippen LogP contribution >= 0.6 is 23.2 Å². The number of hydrogen-bond donors (Lipinski definition) is 1. The molecule has 0 atom stereocenters. The second-order valence-corrected chi connectivity index (χ2v) is 5.91. The molecule has 0 fully saturated rings. The molecule has 0 aliphatic carbocycles. The van der Waals surface area contributed by atoms with Crippen LogP contribution in [0, 0.1) is 0 Å². The fourth-order valence-electron chi connectivity index (χ4n) is 2.12. The number of halogens is 2. The number of benzene rings is 2. The Morgan fingerprint density at radius 2 is 1.74 bits per heavy atom. The molecule has 0 spiro atoms. The van der Waals surface area contributed by atoms with Crippen molar-refractivity contribution in [2.75, 3.05) is 14.1 Å². The van der Waals surface area contributed by atoms with Gasteiger partial charge in [0.2, 0.25) is 0 Å². The van der Waals surface area contributed by atoms with Crippen molar-refractivity contribution < 1.29 is 9.59 Å². The van der Waals surface area contributed by atoms with Crippen LogP contribution in [0.4, 0.5) is 0 Å².